The number of furan rings is 1. The van der Waals surface area contributed by atoms with Crippen molar-refractivity contribution in [2.45, 2.75) is 51.2 Å². The molecule has 2 aliphatic heterocycles. The smallest absolute Gasteiger partial charge is 0.252 e. The Hall–Kier alpha value is -1.84. The molecule has 1 saturated heterocycles. The topological polar surface area (TPSA) is 164 Å². The van der Waals surface area contributed by atoms with Gasteiger partial charge in [-0.15, -0.1) is 11.8 Å². The van der Waals surface area contributed by atoms with Crippen molar-refractivity contribution in [2.24, 2.45) is 0 Å². The van der Waals surface area contributed by atoms with E-state index < -0.39 is 33.2 Å². The van der Waals surface area contributed by atoms with Crippen LogP contribution in [0.4, 0.5) is 11.6 Å². The van der Waals surface area contributed by atoms with E-state index in [1.807, 2.05) is 19.9 Å². The second kappa shape index (κ2) is 9.80. The Morgan fingerprint density at radius 3 is 2.85 bits per heavy atom. The van der Waals surface area contributed by atoms with Crippen LogP contribution in [0.2, 0.25) is 0 Å². The van der Waals surface area contributed by atoms with Crippen LogP contribution < -0.4 is 10.6 Å². The summed E-state index contributed by atoms with van der Waals surface area (Å²) in [5.74, 6) is 1.05. The average molecular weight is 518 g/mol. The van der Waals surface area contributed by atoms with Gasteiger partial charge >= 0.3 is 0 Å². The van der Waals surface area contributed by atoms with E-state index in [9.17, 15) is 23.2 Å². The molecule has 2 aromatic rings. The van der Waals surface area contributed by atoms with Gasteiger partial charge in [0.1, 0.15) is 11.5 Å². The van der Waals surface area contributed by atoms with Gasteiger partial charge in [-0.25, -0.2) is 8.42 Å². The fourth-order valence-corrected chi connectivity index (χ4v) is 8.10. The summed E-state index contributed by atoms with van der Waals surface area (Å²) in [5.41, 5.74) is 0.974. The zero-order chi connectivity index (χ0) is 23.8. The van der Waals surface area contributed by atoms with Crippen molar-refractivity contribution in [1.29, 1.82) is 0 Å². The zero-order valence-electron chi connectivity index (χ0n) is 18.2. The number of sulfonamides is 1. The van der Waals surface area contributed by atoms with Crippen LogP contribution in [-0.4, -0.2) is 67.2 Å². The number of nitrogens with zero attached hydrogens (tertiary/aromatic N) is 3. The molecule has 4 atom stereocenters. The van der Waals surface area contributed by atoms with E-state index in [1.54, 1.807) is 6.26 Å². The third-order valence-corrected chi connectivity index (χ3v) is 10.1. The molecule has 2 aromatic heterocycles. The number of hydrogen-bond donors (Lipinski definition) is 4. The molecule has 4 N–H and O–H groups in total. The molecule has 0 aliphatic carbocycles. The number of anilines is 2. The monoisotopic (exact) mass is 517 g/mol. The third kappa shape index (κ3) is 4.86. The highest BCUT2D eigenvalue weighted by molar-refractivity contribution is 8.18. The highest BCUT2D eigenvalue weighted by Gasteiger charge is 2.42. The summed E-state index contributed by atoms with van der Waals surface area (Å²) in [4.78, 5) is 0. The molecule has 11 nitrogen and oxygen atoms in total. The average Bonchev–Trinajstić information content (AvgIpc) is 3.55. The molecule has 3 unspecified atom stereocenters. The lowest BCUT2D eigenvalue weighted by molar-refractivity contribution is 0.214. The number of aliphatic hydroxyl groups is 2. The van der Waals surface area contributed by atoms with Gasteiger partial charge in [-0.2, -0.15) is 4.31 Å². The Bertz CT molecular complexity index is 1130. The Morgan fingerprint density at radius 2 is 2.18 bits per heavy atom. The molecular formula is C19H27N5O6S3. The molecule has 0 amide bonds. The van der Waals surface area contributed by atoms with Crippen LogP contribution in [0.25, 0.3) is 0 Å². The number of aryl methyl sites for hydroxylation is 1. The highest BCUT2D eigenvalue weighted by Crippen LogP contribution is 2.40. The van der Waals surface area contributed by atoms with Crippen LogP contribution in [0.1, 0.15) is 43.6 Å². The minimum atomic E-state index is -3.93. The minimum Gasteiger partial charge on any atom is -0.546 e. The molecule has 2 aliphatic rings. The largest absolute Gasteiger partial charge is 0.546 e. The molecule has 0 aromatic carbocycles. The molecular weight excluding hydrogens is 490 g/mol. The summed E-state index contributed by atoms with van der Waals surface area (Å²) >= 11 is -0.818. The van der Waals surface area contributed by atoms with Crippen molar-refractivity contribution < 1.29 is 27.6 Å². The molecule has 0 spiro atoms. The maximum atomic E-state index is 13.1. The van der Waals surface area contributed by atoms with Crippen LogP contribution in [0.5, 0.6) is 0 Å². The third-order valence-electron chi connectivity index (χ3n) is 5.68. The van der Waals surface area contributed by atoms with Crippen molar-refractivity contribution in [3.8, 4) is 0 Å². The number of thioether (sulfide) groups is 1. The molecule has 4 heterocycles. The number of aromatic nitrogens is 2. The van der Waals surface area contributed by atoms with Crippen LogP contribution in [0, 0.1) is 6.92 Å². The second-order valence-corrected chi connectivity index (χ2v) is 12.0. The van der Waals surface area contributed by atoms with Gasteiger partial charge in [-0.1, -0.05) is 6.92 Å². The second-order valence-electron chi connectivity index (χ2n) is 8.02. The fraction of sp³-hybridized carbons (Fsp3) is 0.579. The maximum Gasteiger partial charge on any atom is 0.252 e. The number of rotatable bonds is 9. The van der Waals surface area contributed by atoms with Crippen molar-refractivity contribution in [3.63, 3.8) is 0 Å². The van der Waals surface area contributed by atoms with Crippen LogP contribution >= 0.6 is 22.9 Å². The molecule has 0 bridgehead atoms. The lowest BCUT2D eigenvalue weighted by Gasteiger charge is -2.22. The SMILES string of the molecule is CC[C@@H](Nc1n[s+]([O-])nc1NC1CSC(S(=O)(=O)N2CCCC2CO)=C1O)c1cc(C)co1. The molecule has 182 valence electrons. The first-order chi connectivity index (χ1) is 15.7. The van der Waals surface area contributed by atoms with Gasteiger partial charge in [0.2, 0.25) is 11.6 Å². The summed E-state index contributed by atoms with van der Waals surface area (Å²) < 4.78 is 52.9. The van der Waals surface area contributed by atoms with Gasteiger partial charge in [0.05, 0.1) is 25.0 Å². The number of aliphatic hydroxyl groups excluding tert-OH is 2. The summed E-state index contributed by atoms with van der Waals surface area (Å²) in [6.45, 7) is 3.92. The lowest BCUT2D eigenvalue weighted by atomic mass is 10.1. The van der Waals surface area contributed by atoms with Crippen molar-refractivity contribution in [2.75, 3.05) is 29.5 Å². The summed E-state index contributed by atoms with van der Waals surface area (Å²) in [7, 11) is -3.93. The van der Waals surface area contributed by atoms with Gasteiger partial charge in [-0.3, -0.25) is 0 Å². The summed E-state index contributed by atoms with van der Waals surface area (Å²) in [6.07, 6.45) is 3.55. The molecule has 1 fully saturated rings. The number of nitrogens with one attached hydrogen (secondary N) is 2. The summed E-state index contributed by atoms with van der Waals surface area (Å²) in [6, 6.07) is 0.434. The normalized spacial score (nSPS) is 23.3. The van der Waals surface area contributed by atoms with Crippen LogP contribution in [0.15, 0.2) is 26.7 Å². The summed E-state index contributed by atoms with van der Waals surface area (Å²) in [5, 5.41) is 26.4. The first kappa shape index (κ1) is 24.3. The van der Waals surface area contributed by atoms with Crippen molar-refractivity contribution >= 4 is 44.6 Å². The molecule has 4 rings (SSSR count). The van der Waals surface area contributed by atoms with E-state index in [0.717, 1.165) is 17.3 Å². The fourth-order valence-electron chi connectivity index (χ4n) is 3.98. The Labute approximate surface area is 199 Å². The van der Waals surface area contributed by atoms with Gasteiger partial charge in [0, 0.05) is 27.1 Å². The van der Waals surface area contributed by atoms with E-state index in [4.69, 9.17) is 4.42 Å². The van der Waals surface area contributed by atoms with Crippen molar-refractivity contribution in [3.05, 3.63) is 33.6 Å². The minimum absolute atomic E-state index is 0.135. The highest BCUT2D eigenvalue weighted by atomic mass is 32.3. The van der Waals surface area contributed by atoms with E-state index in [1.165, 1.54) is 4.31 Å². The zero-order valence-corrected chi connectivity index (χ0v) is 20.7. The van der Waals surface area contributed by atoms with E-state index in [2.05, 4.69) is 19.4 Å². The maximum absolute atomic E-state index is 13.1. The Balaban J connectivity index is 1.53. The molecule has 0 saturated carbocycles. The lowest BCUT2D eigenvalue weighted by Crippen LogP contribution is -2.38. The quantitative estimate of drug-likeness (QED) is 0.361. The van der Waals surface area contributed by atoms with E-state index in [0.29, 0.717) is 31.6 Å². The molecule has 0 radical (unpaired) electrons. The Morgan fingerprint density at radius 1 is 1.42 bits per heavy atom. The molecule has 14 heteroatoms. The van der Waals surface area contributed by atoms with E-state index >= 15 is 0 Å². The number of hydrogen-bond acceptors (Lipinski definition) is 11. The first-order valence-electron chi connectivity index (χ1n) is 10.6. The van der Waals surface area contributed by atoms with Gasteiger partial charge < -0.3 is 29.8 Å². The standard InChI is InChI=1S/C19H27N5O6S3/c1-3-13(15-7-11(2)9-30-15)20-17-18(23-32(27)22-17)21-14-10-31-19(16(14)26)33(28,29)24-6-4-5-12(24)8-25/h7,9,12-14,25-26H,3-6,8,10H2,1-2H3,(H,20,22)(H,21,23)/t12?,13-,14?,32?/m1/s1. The predicted octanol–water partition coefficient (Wildman–Crippen LogP) is 2.71. The first-order valence-corrected chi connectivity index (χ1v) is 14.1. The van der Waals surface area contributed by atoms with Gasteiger partial charge in [0.25, 0.3) is 10.0 Å². The van der Waals surface area contributed by atoms with Crippen LogP contribution in [-0.2, 0) is 10.0 Å². The Kier molecular flexibility index (Phi) is 7.21. The predicted molar refractivity (Wildman–Crippen MR) is 126 cm³/mol. The van der Waals surface area contributed by atoms with E-state index in [-0.39, 0.29) is 40.0 Å². The van der Waals surface area contributed by atoms with Gasteiger partial charge in [-0.05, 0) is 37.8 Å². The molecule has 33 heavy (non-hydrogen) atoms. The van der Waals surface area contributed by atoms with Gasteiger partial charge in [0.15, 0.2) is 15.4 Å². The van der Waals surface area contributed by atoms with Crippen LogP contribution in [0.3, 0.4) is 0 Å². The van der Waals surface area contributed by atoms with Crippen molar-refractivity contribution in [1.82, 2.24) is 13.1 Å².